The summed E-state index contributed by atoms with van der Waals surface area (Å²) in [5.41, 5.74) is 2.76. The van der Waals surface area contributed by atoms with Gasteiger partial charge in [-0.3, -0.25) is 0 Å². The molecule has 1 heterocycles. The van der Waals surface area contributed by atoms with Gasteiger partial charge in [-0.25, -0.2) is 9.97 Å². The van der Waals surface area contributed by atoms with Crippen molar-refractivity contribution in [2.75, 3.05) is 19.8 Å². The summed E-state index contributed by atoms with van der Waals surface area (Å²) in [5, 5.41) is 4.76. The Kier molecular flexibility index (Phi) is 8.39. The SMILES string of the molecule is CCSc1cc(-c2ccc(Cl)c(Cl)c2)nc(-c2ccccc2)n1.CNC. The van der Waals surface area contributed by atoms with Gasteiger partial charge in [-0.2, -0.15) is 0 Å². The molecule has 1 aromatic heterocycles. The van der Waals surface area contributed by atoms with E-state index in [2.05, 4.69) is 17.2 Å². The average Bonchev–Trinajstić information content (AvgIpc) is 2.65. The number of thioether (sulfide) groups is 1. The van der Waals surface area contributed by atoms with Gasteiger partial charge in [-0.15, -0.1) is 11.8 Å². The summed E-state index contributed by atoms with van der Waals surface area (Å²) in [6.45, 7) is 2.10. The summed E-state index contributed by atoms with van der Waals surface area (Å²) in [5.74, 6) is 1.66. The van der Waals surface area contributed by atoms with E-state index in [4.69, 9.17) is 28.2 Å². The third kappa shape index (κ3) is 5.71. The van der Waals surface area contributed by atoms with Crippen LogP contribution in [0.4, 0.5) is 0 Å². The lowest BCUT2D eigenvalue weighted by Gasteiger charge is -2.08. The van der Waals surface area contributed by atoms with Gasteiger partial charge in [-0.1, -0.05) is 66.5 Å². The maximum atomic E-state index is 6.14. The van der Waals surface area contributed by atoms with E-state index in [0.29, 0.717) is 15.9 Å². The van der Waals surface area contributed by atoms with E-state index in [-0.39, 0.29) is 0 Å². The first-order chi connectivity index (χ1) is 12.6. The van der Waals surface area contributed by atoms with Gasteiger partial charge in [0.15, 0.2) is 5.82 Å². The molecule has 0 radical (unpaired) electrons. The van der Waals surface area contributed by atoms with Crippen LogP contribution in [0, 0.1) is 0 Å². The Morgan fingerprint density at radius 1 is 0.885 bits per heavy atom. The minimum Gasteiger partial charge on any atom is -0.323 e. The van der Waals surface area contributed by atoms with E-state index in [0.717, 1.165) is 27.6 Å². The van der Waals surface area contributed by atoms with Crippen molar-refractivity contribution in [1.82, 2.24) is 15.3 Å². The summed E-state index contributed by atoms with van der Waals surface area (Å²) in [4.78, 5) is 9.35. The normalized spacial score (nSPS) is 10.2. The van der Waals surface area contributed by atoms with Crippen LogP contribution in [0.25, 0.3) is 22.6 Å². The number of benzene rings is 2. The fraction of sp³-hybridized carbons (Fsp3) is 0.200. The van der Waals surface area contributed by atoms with Crippen molar-refractivity contribution in [3.05, 3.63) is 64.6 Å². The number of nitrogens with zero attached hydrogens (tertiary/aromatic N) is 2. The molecule has 0 bridgehead atoms. The summed E-state index contributed by atoms with van der Waals surface area (Å²) in [6.07, 6.45) is 0. The van der Waals surface area contributed by atoms with Gasteiger partial charge in [0.2, 0.25) is 0 Å². The Bertz CT molecular complexity index is 842. The highest BCUT2D eigenvalue weighted by Crippen LogP contribution is 2.30. The predicted octanol–water partition coefficient (Wildman–Crippen LogP) is 6.07. The Morgan fingerprint density at radius 2 is 1.58 bits per heavy atom. The molecule has 3 nitrogen and oxygen atoms in total. The molecule has 6 heteroatoms. The molecule has 0 aliphatic carbocycles. The monoisotopic (exact) mass is 405 g/mol. The van der Waals surface area contributed by atoms with E-state index in [1.807, 2.05) is 62.6 Å². The molecule has 0 aliphatic heterocycles. The zero-order valence-electron chi connectivity index (χ0n) is 15.0. The summed E-state index contributed by atoms with van der Waals surface area (Å²) in [6, 6.07) is 17.5. The summed E-state index contributed by atoms with van der Waals surface area (Å²) < 4.78 is 0. The van der Waals surface area contributed by atoms with Gasteiger partial charge < -0.3 is 5.32 Å². The maximum Gasteiger partial charge on any atom is 0.161 e. The summed E-state index contributed by atoms with van der Waals surface area (Å²) in [7, 11) is 3.75. The first kappa shape index (κ1) is 20.7. The van der Waals surface area contributed by atoms with Gasteiger partial charge in [0.05, 0.1) is 15.7 Å². The second-order valence-corrected chi connectivity index (χ2v) is 7.44. The number of aromatic nitrogens is 2. The molecule has 0 fully saturated rings. The van der Waals surface area contributed by atoms with Gasteiger partial charge in [-0.05, 0) is 38.0 Å². The third-order valence-electron chi connectivity index (χ3n) is 3.24. The number of nitrogens with one attached hydrogen (secondary N) is 1. The molecule has 1 N–H and O–H groups in total. The lowest BCUT2D eigenvalue weighted by Crippen LogP contribution is -1.95. The lowest BCUT2D eigenvalue weighted by molar-refractivity contribution is 1.02. The molecule has 2 aromatic carbocycles. The summed E-state index contributed by atoms with van der Waals surface area (Å²) >= 11 is 13.8. The van der Waals surface area contributed by atoms with Crippen LogP contribution >= 0.6 is 35.0 Å². The van der Waals surface area contributed by atoms with Crippen molar-refractivity contribution < 1.29 is 0 Å². The number of hydrogen-bond donors (Lipinski definition) is 1. The van der Waals surface area contributed by atoms with Crippen LogP contribution in [-0.2, 0) is 0 Å². The minimum atomic E-state index is 0.522. The molecular formula is C20H21Cl2N3S. The molecule has 0 spiro atoms. The zero-order chi connectivity index (χ0) is 18.9. The van der Waals surface area contributed by atoms with Gasteiger partial charge >= 0.3 is 0 Å². The van der Waals surface area contributed by atoms with Crippen molar-refractivity contribution in [3.63, 3.8) is 0 Å². The van der Waals surface area contributed by atoms with E-state index in [1.54, 1.807) is 17.8 Å². The average molecular weight is 406 g/mol. The molecule has 0 amide bonds. The standard InChI is InChI=1S/C18H14Cl2N2S.C2H7N/c1-2-23-17-11-16(13-8-9-14(19)15(20)10-13)21-18(22-17)12-6-4-3-5-7-12;1-3-2/h3-11H,2H2,1H3;3H,1-2H3. The van der Waals surface area contributed by atoms with Gasteiger partial charge in [0.1, 0.15) is 5.03 Å². The van der Waals surface area contributed by atoms with E-state index < -0.39 is 0 Å². The Balaban J connectivity index is 0.000000758. The van der Waals surface area contributed by atoms with Gasteiger partial charge in [0, 0.05) is 11.1 Å². The Labute approximate surface area is 169 Å². The van der Waals surface area contributed by atoms with Crippen LogP contribution in [-0.4, -0.2) is 29.8 Å². The first-order valence-corrected chi connectivity index (χ1v) is 9.94. The van der Waals surface area contributed by atoms with Crippen molar-refractivity contribution in [2.24, 2.45) is 0 Å². The van der Waals surface area contributed by atoms with Gasteiger partial charge in [0.25, 0.3) is 0 Å². The molecule has 3 aromatic rings. The molecule has 0 aliphatic rings. The fourth-order valence-corrected chi connectivity index (χ4v) is 3.11. The maximum absolute atomic E-state index is 6.14. The zero-order valence-corrected chi connectivity index (χ0v) is 17.3. The van der Waals surface area contributed by atoms with Crippen molar-refractivity contribution in [2.45, 2.75) is 11.9 Å². The van der Waals surface area contributed by atoms with E-state index in [9.17, 15) is 0 Å². The number of rotatable bonds is 4. The van der Waals surface area contributed by atoms with Crippen LogP contribution in [0.5, 0.6) is 0 Å². The molecule has 3 rings (SSSR count). The molecule has 0 saturated carbocycles. The first-order valence-electron chi connectivity index (χ1n) is 8.20. The second kappa shape index (κ2) is 10.5. The molecule has 26 heavy (non-hydrogen) atoms. The largest absolute Gasteiger partial charge is 0.323 e. The van der Waals surface area contributed by atoms with Crippen LogP contribution < -0.4 is 5.32 Å². The number of hydrogen-bond acceptors (Lipinski definition) is 4. The fourth-order valence-electron chi connectivity index (χ4n) is 2.17. The van der Waals surface area contributed by atoms with Crippen LogP contribution in [0.15, 0.2) is 59.6 Å². The third-order valence-corrected chi connectivity index (χ3v) is 4.77. The topological polar surface area (TPSA) is 37.8 Å². The molecule has 0 atom stereocenters. The van der Waals surface area contributed by atoms with E-state index in [1.165, 1.54) is 0 Å². The highest BCUT2D eigenvalue weighted by molar-refractivity contribution is 7.99. The molecule has 136 valence electrons. The highest BCUT2D eigenvalue weighted by Gasteiger charge is 2.10. The predicted molar refractivity (Wildman–Crippen MR) is 114 cm³/mol. The second-order valence-electron chi connectivity index (χ2n) is 5.34. The van der Waals surface area contributed by atoms with Crippen LogP contribution in [0.2, 0.25) is 10.0 Å². The Morgan fingerprint density at radius 3 is 2.19 bits per heavy atom. The van der Waals surface area contributed by atoms with Crippen molar-refractivity contribution >= 4 is 35.0 Å². The smallest absolute Gasteiger partial charge is 0.161 e. The molecule has 0 saturated heterocycles. The number of halogens is 2. The van der Waals surface area contributed by atoms with Crippen molar-refractivity contribution in [1.29, 1.82) is 0 Å². The van der Waals surface area contributed by atoms with Crippen LogP contribution in [0.1, 0.15) is 6.92 Å². The molecule has 0 unspecified atom stereocenters. The quantitative estimate of drug-likeness (QED) is 0.422. The molecular weight excluding hydrogens is 385 g/mol. The minimum absolute atomic E-state index is 0.522. The highest BCUT2D eigenvalue weighted by atomic mass is 35.5. The van der Waals surface area contributed by atoms with Crippen LogP contribution in [0.3, 0.4) is 0 Å². The van der Waals surface area contributed by atoms with E-state index >= 15 is 0 Å². The lowest BCUT2D eigenvalue weighted by atomic mass is 10.1. The van der Waals surface area contributed by atoms with Crippen molar-refractivity contribution in [3.8, 4) is 22.6 Å². The Hall–Kier alpha value is -1.59.